The Kier molecular flexibility index (Phi) is 1.81. The number of nitrogens with two attached hydrogens (primary N) is 1. The molecule has 0 aliphatic rings. The number of benzene rings is 1. The molecule has 0 fully saturated rings. The van der Waals surface area contributed by atoms with Gasteiger partial charge in [0.1, 0.15) is 0 Å². The summed E-state index contributed by atoms with van der Waals surface area (Å²) in [5.74, 6) is 0. The molecule has 76 valence electrons. The summed E-state index contributed by atoms with van der Waals surface area (Å²) in [6.45, 7) is 1.95. The molecule has 3 nitrogen and oxygen atoms in total. The fourth-order valence-electron chi connectivity index (χ4n) is 1.69. The van der Waals surface area contributed by atoms with E-state index in [0.29, 0.717) is 0 Å². The molecule has 0 spiro atoms. The lowest BCUT2D eigenvalue weighted by Gasteiger charge is -1.96. The quantitative estimate of drug-likeness (QED) is 0.680. The van der Waals surface area contributed by atoms with E-state index in [1.165, 1.54) is 10.2 Å². The van der Waals surface area contributed by atoms with Gasteiger partial charge < -0.3 is 5.73 Å². The summed E-state index contributed by atoms with van der Waals surface area (Å²) in [6.07, 6.45) is 2.03. The summed E-state index contributed by atoms with van der Waals surface area (Å²) in [4.78, 5) is 5.52. The number of hydrogen-bond donors (Lipinski definition) is 1. The van der Waals surface area contributed by atoms with Crippen molar-refractivity contribution in [1.82, 2.24) is 9.38 Å². The monoisotopic (exact) mass is 217 g/mol. The largest absolute Gasteiger partial charge is 0.323 e. The van der Waals surface area contributed by atoms with Crippen LogP contribution in [-0.4, -0.2) is 9.38 Å². The minimum atomic E-state index is -0.00383. The predicted octanol–water partition coefficient (Wildman–Crippen LogP) is 2.57. The summed E-state index contributed by atoms with van der Waals surface area (Å²) in [5, 5.41) is 0. The van der Waals surface area contributed by atoms with Crippen molar-refractivity contribution in [2.75, 3.05) is 0 Å². The Labute approximate surface area is 91.2 Å². The number of thiazole rings is 1. The smallest absolute Gasteiger partial charge is 0.195 e. The van der Waals surface area contributed by atoms with Gasteiger partial charge in [-0.3, -0.25) is 4.40 Å². The van der Waals surface area contributed by atoms with Crippen LogP contribution in [0.1, 0.15) is 18.7 Å². The molecule has 0 saturated heterocycles. The van der Waals surface area contributed by atoms with Crippen LogP contribution in [0.2, 0.25) is 0 Å². The lowest BCUT2D eigenvalue weighted by Crippen LogP contribution is -2.04. The van der Waals surface area contributed by atoms with E-state index in [0.717, 1.165) is 10.7 Å². The third-order valence-corrected chi connectivity index (χ3v) is 3.52. The van der Waals surface area contributed by atoms with E-state index in [-0.39, 0.29) is 6.04 Å². The first-order valence-electron chi connectivity index (χ1n) is 4.88. The number of fused-ring (bicyclic) bond motifs is 3. The van der Waals surface area contributed by atoms with Crippen LogP contribution in [0, 0.1) is 0 Å². The molecule has 3 rings (SSSR count). The van der Waals surface area contributed by atoms with Crippen LogP contribution < -0.4 is 5.73 Å². The first-order valence-corrected chi connectivity index (χ1v) is 5.69. The minimum Gasteiger partial charge on any atom is -0.323 e. The summed E-state index contributed by atoms with van der Waals surface area (Å²) >= 11 is 1.70. The molecular weight excluding hydrogens is 206 g/mol. The van der Waals surface area contributed by atoms with Crippen LogP contribution in [-0.2, 0) is 0 Å². The number of aromatic nitrogens is 2. The standard InChI is InChI=1S/C11H11N3S/c1-7(12)8-6-14-9-4-2-3-5-10(9)15-11(14)13-8/h2-7H,12H2,1H3. The fraction of sp³-hybridized carbons (Fsp3) is 0.182. The van der Waals surface area contributed by atoms with E-state index in [9.17, 15) is 0 Å². The van der Waals surface area contributed by atoms with Crippen LogP contribution >= 0.6 is 11.3 Å². The van der Waals surface area contributed by atoms with Gasteiger partial charge >= 0.3 is 0 Å². The molecule has 1 aromatic carbocycles. The lowest BCUT2D eigenvalue weighted by atomic mass is 10.3. The van der Waals surface area contributed by atoms with Crippen LogP contribution in [0.3, 0.4) is 0 Å². The van der Waals surface area contributed by atoms with E-state index < -0.39 is 0 Å². The van der Waals surface area contributed by atoms with Gasteiger partial charge in [0.15, 0.2) is 4.96 Å². The van der Waals surface area contributed by atoms with Gasteiger partial charge in [-0.2, -0.15) is 0 Å². The van der Waals surface area contributed by atoms with Gasteiger partial charge in [0.05, 0.1) is 15.9 Å². The van der Waals surface area contributed by atoms with Gasteiger partial charge in [0.2, 0.25) is 0 Å². The molecule has 0 radical (unpaired) electrons. The molecule has 0 aliphatic carbocycles. The number of para-hydroxylation sites is 1. The van der Waals surface area contributed by atoms with Crippen molar-refractivity contribution in [2.24, 2.45) is 5.73 Å². The zero-order valence-corrected chi connectivity index (χ0v) is 9.16. The van der Waals surface area contributed by atoms with E-state index in [1.807, 2.05) is 25.3 Å². The molecule has 0 amide bonds. The maximum atomic E-state index is 5.81. The number of nitrogens with zero attached hydrogens (tertiary/aromatic N) is 2. The first kappa shape index (κ1) is 8.88. The van der Waals surface area contributed by atoms with E-state index in [2.05, 4.69) is 21.5 Å². The van der Waals surface area contributed by atoms with Crippen LogP contribution in [0.4, 0.5) is 0 Å². The summed E-state index contributed by atoms with van der Waals surface area (Å²) in [7, 11) is 0. The minimum absolute atomic E-state index is 0.00383. The Hall–Kier alpha value is -1.39. The SMILES string of the molecule is CC(N)c1cn2c(n1)sc1ccccc12. The molecule has 1 atom stereocenters. The molecule has 2 heterocycles. The predicted molar refractivity (Wildman–Crippen MR) is 63.2 cm³/mol. The molecule has 3 aromatic rings. The maximum Gasteiger partial charge on any atom is 0.195 e. The second-order valence-electron chi connectivity index (χ2n) is 3.68. The second kappa shape index (κ2) is 3.05. The van der Waals surface area contributed by atoms with Crippen molar-refractivity contribution >= 4 is 26.5 Å². The highest BCUT2D eigenvalue weighted by atomic mass is 32.1. The van der Waals surface area contributed by atoms with E-state index in [1.54, 1.807) is 11.3 Å². The van der Waals surface area contributed by atoms with Crippen LogP contribution in [0.25, 0.3) is 15.2 Å². The van der Waals surface area contributed by atoms with Crippen molar-refractivity contribution in [3.63, 3.8) is 0 Å². The highest BCUT2D eigenvalue weighted by Gasteiger charge is 2.09. The third kappa shape index (κ3) is 1.26. The summed E-state index contributed by atoms with van der Waals surface area (Å²) in [6, 6.07) is 8.30. The average Bonchev–Trinajstić information content (AvgIpc) is 2.73. The highest BCUT2D eigenvalue weighted by Crippen LogP contribution is 2.26. The molecule has 0 bridgehead atoms. The van der Waals surface area contributed by atoms with E-state index in [4.69, 9.17) is 5.73 Å². The zero-order chi connectivity index (χ0) is 10.4. The Morgan fingerprint density at radius 2 is 2.20 bits per heavy atom. The summed E-state index contributed by atoms with van der Waals surface area (Å²) in [5.41, 5.74) is 7.97. The fourth-order valence-corrected chi connectivity index (χ4v) is 2.70. The summed E-state index contributed by atoms with van der Waals surface area (Å²) < 4.78 is 3.37. The number of imidazole rings is 1. The van der Waals surface area contributed by atoms with Crippen molar-refractivity contribution in [2.45, 2.75) is 13.0 Å². The van der Waals surface area contributed by atoms with Gasteiger partial charge in [-0.15, -0.1) is 0 Å². The molecule has 2 N–H and O–H groups in total. The molecule has 0 saturated carbocycles. The Balaban J connectivity index is 2.37. The van der Waals surface area contributed by atoms with Gasteiger partial charge in [-0.05, 0) is 19.1 Å². The van der Waals surface area contributed by atoms with Gasteiger partial charge in [0, 0.05) is 12.2 Å². The normalized spacial score (nSPS) is 13.7. The molecule has 2 aromatic heterocycles. The number of rotatable bonds is 1. The number of hydrogen-bond acceptors (Lipinski definition) is 3. The zero-order valence-electron chi connectivity index (χ0n) is 8.34. The molecule has 4 heteroatoms. The molecular formula is C11H11N3S. The highest BCUT2D eigenvalue weighted by molar-refractivity contribution is 7.23. The van der Waals surface area contributed by atoms with Gasteiger partial charge in [-0.1, -0.05) is 23.5 Å². The van der Waals surface area contributed by atoms with Gasteiger partial charge in [0.25, 0.3) is 0 Å². The Morgan fingerprint density at radius 3 is 3.00 bits per heavy atom. The molecule has 1 unspecified atom stereocenters. The molecule has 15 heavy (non-hydrogen) atoms. The second-order valence-corrected chi connectivity index (χ2v) is 4.69. The Bertz CT molecular complexity index is 621. The van der Waals surface area contributed by atoms with Crippen molar-refractivity contribution in [3.05, 3.63) is 36.2 Å². The molecule has 0 aliphatic heterocycles. The van der Waals surface area contributed by atoms with E-state index >= 15 is 0 Å². The van der Waals surface area contributed by atoms with Crippen LogP contribution in [0.5, 0.6) is 0 Å². The lowest BCUT2D eigenvalue weighted by molar-refractivity contribution is 0.790. The Morgan fingerprint density at radius 1 is 1.40 bits per heavy atom. The van der Waals surface area contributed by atoms with Crippen molar-refractivity contribution in [1.29, 1.82) is 0 Å². The topological polar surface area (TPSA) is 43.3 Å². The third-order valence-electron chi connectivity index (χ3n) is 2.48. The average molecular weight is 217 g/mol. The van der Waals surface area contributed by atoms with Gasteiger partial charge in [-0.25, -0.2) is 4.98 Å². The first-order chi connectivity index (χ1) is 7.25. The maximum absolute atomic E-state index is 5.81. The van der Waals surface area contributed by atoms with Crippen molar-refractivity contribution in [3.8, 4) is 0 Å². The van der Waals surface area contributed by atoms with Crippen molar-refractivity contribution < 1.29 is 0 Å². The van der Waals surface area contributed by atoms with Crippen LogP contribution in [0.15, 0.2) is 30.5 Å².